The minimum absolute atomic E-state index is 0. The Balaban J connectivity index is 0.00000338. The van der Waals surface area contributed by atoms with E-state index in [1.165, 1.54) is 19.3 Å². The van der Waals surface area contributed by atoms with E-state index in [0.717, 1.165) is 25.8 Å². The van der Waals surface area contributed by atoms with Gasteiger partial charge >= 0.3 is 0 Å². The summed E-state index contributed by atoms with van der Waals surface area (Å²) in [5.74, 6) is 0.891. The average Bonchev–Trinajstić information content (AvgIpc) is 3.08. The number of amides is 2. The first kappa shape index (κ1) is 23.0. The van der Waals surface area contributed by atoms with Gasteiger partial charge in [-0.25, -0.2) is 4.99 Å². The molecular formula is C18H34IN5O2. The highest BCUT2D eigenvalue weighted by Gasteiger charge is 2.26. The van der Waals surface area contributed by atoms with Crippen LogP contribution in [-0.4, -0.2) is 73.4 Å². The molecule has 0 aromatic carbocycles. The SMILES string of the molecule is CCC(=O)N1CCC(NC(=NCC(=O)N(C)C)NC2CCCCC2)C1.I. The molecule has 2 fully saturated rings. The highest BCUT2D eigenvalue weighted by molar-refractivity contribution is 14.0. The van der Waals surface area contributed by atoms with Crippen molar-refractivity contribution in [3.05, 3.63) is 0 Å². The molecule has 26 heavy (non-hydrogen) atoms. The van der Waals surface area contributed by atoms with Gasteiger partial charge in [-0.15, -0.1) is 24.0 Å². The molecule has 0 spiro atoms. The van der Waals surface area contributed by atoms with E-state index in [2.05, 4.69) is 15.6 Å². The Labute approximate surface area is 174 Å². The van der Waals surface area contributed by atoms with Crippen molar-refractivity contribution in [2.75, 3.05) is 33.7 Å². The van der Waals surface area contributed by atoms with Crippen LogP contribution in [0.2, 0.25) is 0 Å². The number of likely N-dealkylation sites (tertiary alicyclic amines) is 1. The lowest BCUT2D eigenvalue weighted by molar-refractivity contribution is -0.130. The number of guanidine groups is 1. The fourth-order valence-corrected chi connectivity index (χ4v) is 3.38. The summed E-state index contributed by atoms with van der Waals surface area (Å²) in [6.45, 7) is 3.53. The standard InChI is InChI=1S/C18H33N5O2.HI/c1-4-16(24)23-11-10-15(13-23)21-18(19-12-17(25)22(2)3)20-14-8-6-5-7-9-14;/h14-15H,4-13H2,1-3H3,(H2,19,20,21);1H. The van der Waals surface area contributed by atoms with E-state index in [4.69, 9.17) is 0 Å². The van der Waals surface area contributed by atoms with E-state index in [-0.39, 0.29) is 48.4 Å². The van der Waals surface area contributed by atoms with Gasteiger partial charge < -0.3 is 20.4 Å². The summed E-state index contributed by atoms with van der Waals surface area (Å²) in [6, 6.07) is 0.615. The molecule has 2 rings (SSSR count). The van der Waals surface area contributed by atoms with E-state index in [0.29, 0.717) is 25.0 Å². The second-order valence-electron chi connectivity index (χ2n) is 7.26. The lowest BCUT2D eigenvalue weighted by atomic mass is 9.96. The van der Waals surface area contributed by atoms with E-state index in [1.54, 1.807) is 19.0 Å². The van der Waals surface area contributed by atoms with Crippen LogP contribution in [0.4, 0.5) is 0 Å². The summed E-state index contributed by atoms with van der Waals surface area (Å²) in [7, 11) is 3.48. The molecule has 8 heteroatoms. The number of nitrogens with zero attached hydrogens (tertiary/aromatic N) is 3. The van der Waals surface area contributed by atoms with E-state index >= 15 is 0 Å². The fraction of sp³-hybridized carbons (Fsp3) is 0.833. The van der Waals surface area contributed by atoms with Crippen LogP contribution in [0.25, 0.3) is 0 Å². The molecule has 2 amide bonds. The van der Waals surface area contributed by atoms with Crippen molar-refractivity contribution in [2.45, 2.75) is 64.0 Å². The number of carbonyl (C=O) groups is 2. The molecule has 1 saturated carbocycles. The molecule has 2 aliphatic rings. The number of nitrogens with one attached hydrogen (secondary N) is 2. The molecule has 7 nitrogen and oxygen atoms in total. The monoisotopic (exact) mass is 479 g/mol. The summed E-state index contributed by atoms with van der Waals surface area (Å²) in [5.41, 5.74) is 0. The maximum absolute atomic E-state index is 11.9. The molecule has 2 N–H and O–H groups in total. The highest BCUT2D eigenvalue weighted by atomic mass is 127. The zero-order valence-electron chi connectivity index (χ0n) is 16.3. The van der Waals surface area contributed by atoms with Gasteiger partial charge in [0.2, 0.25) is 11.8 Å². The third-order valence-electron chi connectivity index (χ3n) is 5.00. The fourth-order valence-electron chi connectivity index (χ4n) is 3.38. The van der Waals surface area contributed by atoms with Crippen molar-refractivity contribution in [3.8, 4) is 0 Å². The lowest BCUT2D eigenvalue weighted by Crippen LogP contribution is -2.49. The van der Waals surface area contributed by atoms with Gasteiger partial charge in [0.1, 0.15) is 6.54 Å². The predicted molar refractivity (Wildman–Crippen MR) is 115 cm³/mol. The Kier molecular flexibility index (Phi) is 10.3. The van der Waals surface area contributed by atoms with Crippen LogP contribution in [0.5, 0.6) is 0 Å². The Bertz CT molecular complexity index is 492. The van der Waals surface area contributed by atoms with Crippen LogP contribution in [0, 0.1) is 0 Å². The molecule has 0 bridgehead atoms. The first-order chi connectivity index (χ1) is 12.0. The number of halogens is 1. The van der Waals surface area contributed by atoms with Gasteiger partial charge in [-0.3, -0.25) is 9.59 Å². The van der Waals surface area contributed by atoms with E-state index < -0.39 is 0 Å². The molecule has 1 atom stereocenters. The molecule has 1 unspecified atom stereocenters. The molecular weight excluding hydrogens is 445 g/mol. The van der Waals surface area contributed by atoms with Gasteiger partial charge in [-0.05, 0) is 19.3 Å². The molecule has 1 aliphatic heterocycles. The number of rotatable bonds is 5. The topological polar surface area (TPSA) is 77.0 Å². The Morgan fingerprint density at radius 1 is 1.08 bits per heavy atom. The minimum Gasteiger partial charge on any atom is -0.354 e. The number of aliphatic imine (C=N–C) groups is 1. The molecule has 1 heterocycles. The Morgan fingerprint density at radius 2 is 1.73 bits per heavy atom. The van der Waals surface area contributed by atoms with Crippen LogP contribution < -0.4 is 10.6 Å². The first-order valence-electron chi connectivity index (χ1n) is 9.55. The van der Waals surface area contributed by atoms with Crippen LogP contribution in [0.1, 0.15) is 51.9 Å². The number of hydrogen-bond acceptors (Lipinski definition) is 3. The average molecular weight is 479 g/mol. The zero-order chi connectivity index (χ0) is 18.2. The minimum atomic E-state index is -0.0149. The molecule has 0 aromatic rings. The first-order valence-corrected chi connectivity index (χ1v) is 9.55. The van der Waals surface area contributed by atoms with Gasteiger partial charge in [0.15, 0.2) is 5.96 Å². The second kappa shape index (κ2) is 11.6. The summed E-state index contributed by atoms with van der Waals surface area (Å²) < 4.78 is 0. The van der Waals surface area contributed by atoms with Gasteiger partial charge in [0.25, 0.3) is 0 Å². The summed E-state index contributed by atoms with van der Waals surface area (Å²) in [5, 5.41) is 6.94. The smallest absolute Gasteiger partial charge is 0.243 e. The number of likely N-dealkylation sites (N-methyl/N-ethyl adjacent to an activating group) is 1. The molecule has 1 saturated heterocycles. The second-order valence-corrected chi connectivity index (χ2v) is 7.26. The quantitative estimate of drug-likeness (QED) is 0.357. The van der Waals surface area contributed by atoms with Crippen molar-refractivity contribution in [3.63, 3.8) is 0 Å². The van der Waals surface area contributed by atoms with Crippen molar-refractivity contribution in [1.82, 2.24) is 20.4 Å². The predicted octanol–water partition coefficient (Wildman–Crippen LogP) is 1.57. The van der Waals surface area contributed by atoms with Crippen molar-refractivity contribution >= 4 is 41.8 Å². The summed E-state index contributed by atoms with van der Waals surface area (Å²) in [4.78, 5) is 31.7. The number of hydrogen-bond donors (Lipinski definition) is 2. The third kappa shape index (κ3) is 7.28. The normalized spacial score (nSPS) is 21.1. The Morgan fingerprint density at radius 3 is 2.35 bits per heavy atom. The van der Waals surface area contributed by atoms with Crippen molar-refractivity contribution in [2.24, 2.45) is 4.99 Å². The van der Waals surface area contributed by atoms with Gasteiger partial charge in [-0.1, -0.05) is 26.2 Å². The van der Waals surface area contributed by atoms with Crippen molar-refractivity contribution < 1.29 is 9.59 Å². The van der Waals surface area contributed by atoms with E-state index in [9.17, 15) is 9.59 Å². The van der Waals surface area contributed by atoms with E-state index in [1.807, 2.05) is 11.8 Å². The molecule has 1 aliphatic carbocycles. The van der Waals surface area contributed by atoms with Gasteiger partial charge in [0, 0.05) is 45.7 Å². The zero-order valence-corrected chi connectivity index (χ0v) is 18.6. The van der Waals surface area contributed by atoms with Gasteiger partial charge in [0.05, 0.1) is 0 Å². The maximum Gasteiger partial charge on any atom is 0.243 e. The van der Waals surface area contributed by atoms with Crippen LogP contribution in [-0.2, 0) is 9.59 Å². The maximum atomic E-state index is 11.9. The molecule has 0 radical (unpaired) electrons. The van der Waals surface area contributed by atoms with Gasteiger partial charge in [-0.2, -0.15) is 0 Å². The third-order valence-corrected chi connectivity index (χ3v) is 5.00. The van der Waals surface area contributed by atoms with Crippen LogP contribution >= 0.6 is 24.0 Å². The lowest BCUT2D eigenvalue weighted by Gasteiger charge is -2.26. The molecule has 0 aromatic heterocycles. The Hall–Kier alpha value is -1.06. The highest BCUT2D eigenvalue weighted by Crippen LogP contribution is 2.17. The largest absolute Gasteiger partial charge is 0.354 e. The molecule has 150 valence electrons. The summed E-state index contributed by atoms with van der Waals surface area (Å²) in [6.07, 6.45) is 7.53. The summed E-state index contributed by atoms with van der Waals surface area (Å²) >= 11 is 0. The van der Waals surface area contributed by atoms with Crippen molar-refractivity contribution in [1.29, 1.82) is 0 Å². The van der Waals surface area contributed by atoms with Crippen LogP contribution in [0.15, 0.2) is 4.99 Å². The van der Waals surface area contributed by atoms with Crippen LogP contribution in [0.3, 0.4) is 0 Å². The number of carbonyl (C=O) groups excluding carboxylic acids is 2.